The van der Waals surface area contributed by atoms with Crippen LogP contribution in [0.4, 0.5) is 0 Å². The summed E-state index contributed by atoms with van der Waals surface area (Å²) in [7, 11) is 0. The molecule has 2 unspecified atom stereocenters. The normalized spacial score (nSPS) is 37.0. The zero-order valence-electron chi connectivity index (χ0n) is 7.46. The summed E-state index contributed by atoms with van der Waals surface area (Å²) < 4.78 is 0. The predicted molar refractivity (Wildman–Crippen MR) is 47.5 cm³/mol. The van der Waals surface area contributed by atoms with Gasteiger partial charge in [-0.15, -0.1) is 0 Å². The number of fused-ring (bicyclic) bond motifs is 2. The number of nitrogens with zero attached hydrogens (tertiary/aromatic N) is 1. The lowest BCUT2D eigenvalue weighted by molar-refractivity contribution is 0.118. The Kier molecular flexibility index (Phi) is 1.76. The molecule has 11 heavy (non-hydrogen) atoms. The first kappa shape index (κ1) is 7.35. The van der Waals surface area contributed by atoms with Gasteiger partial charge in [-0.05, 0) is 33.1 Å². The third-order valence-corrected chi connectivity index (χ3v) is 2.92. The van der Waals surface area contributed by atoms with E-state index in [9.17, 15) is 0 Å². The van der Waals surface area contributed by atoms with Crippen molar-refractivity contribution in [3.63, 3.8) is 0 Å². The van der Waals surface area contributed by atoms with Gasteiger partial charge in [0, 0.05) is 18.1 Å². The fraction of sp³-hybridized carbons (Fsp3) is 0.800. The minimum absolute atomic E-state index is 0.722. The number of hydrogen-bond donors (Lipinski definition) is 0. The van der Waals surface area contributed by atoms with E-state index in [2.05, 4.69) is 30.9 Å². The van der Waals surface area contributed by atoms with Crippen LogP contribution in [0.3, 0.4) is 0 Å². The van der Waals surface area contributed by atoms with E-state index >= 15 is 0 Å². The van der Waals surface area contributed by atoms with Crippen molar-refractivity contribution in [2.45, 2.75) is 51.2 Å². The van der Waals surface area contributed by atoms with E-state index in [1.54, 1.807) is 0 Å². The SMILES string of the molecule is CC(C)N1C2C=CC1CCC2. The Bertz CT molecular complexity index is 158. The summed E-state index contributed by atoms with van der Waals surface area (Å²) in [5, 5.41) is 0. The lowest BCUT2D eigenvalue weighted by atomic mass is 10.0. The Balaban J connectivity index is 2.13. The van der Waals surface area contributed by atoms with E-state index in [-0.39, 0.29) is 0 Å². The highest BCUT2D eigenvalue weighted by Gasteiger charge is 2.33. The molecule has 1 nitrogen and oxygen atoms in total. The molecule has 2 aliphatic rings. The topological polar surface area (TPSA) is 3.24 Å². The van der Waals surface area contributed by atoms with Crippen molar-refractivity contribution in [2.24, 2.45) is 0 Å². The van der Waals surface area contributed by atoms with Crippen LogP contribution in [-0.2, 0) is 0 Å². The van der Waals surface area contributed by atoms with E-state index in [0.717, 1.165) is 18.1 Å². The lowest BCUT2D eigenvalue weighted by Gasteiger charge is -2.37. The maximum Gasteiger partial charge on any atom is 0.0287 e. The molecule has 1 heteroatoms. The lowest BCUT2D eigenvalue weighted by Crippen LogP contribution is -2.44. The Morgan fingerprint density at radius 1 is 1.18 bits per heavy atom. The monoisotopic (exact) mass is 151 g/mol. The fourth-order valence-electron chi connectivity index (χ4n) is 2.49. The molecule has 0 N–H and O–H groups in total. The Morgan fingerprint density at radius 2 is 1.73 bits per heavy atom. The molecule has 2 bridgehead atoms. The van der Waals surface area contributed by atoms with Crippen molar-refractivity contribution in [1.29, 1.82) is 0 Å². The van der Waals surface area contributed by atoms with Gasteiger partial charge in [0.1, 0.15) is 0 Å². The molecule has 1 fully saturated rings. The van der Waals surface area contributed by atoms with Gasteiger partial charge in [-0.3, -0.25) is 4.90 Å². The van der Waals surface area contributed by atoms with Gasteiger partial charge in [0.25, 0.3) is 0 Å². The van der Waals surface area contributed by atoms with Gasteiger partial charge < -0.3 is 0 Å². The molecule has 2 rings (SSSR count). The Hall–Kier alpha value is -0.300. The standard InChI is InChI=1S/C10H17N/c1-8(2)11-9-4-3-5-10(11)7-6-9/h6-10H,3-5H2,1-2H3. The third kappa shape index (κ3) is 1.12. The van der Waals surface area contributed by atoms with Crippen LogP contribution in [0.25, 0.3) is 0 Å². The molecular formula is C10H17N. The molecule has 1 saturated heterocycles. The largest absolute Gasteiger partial charge is 0.288 e. The van der Waals surface area contributed by atoms with Gasteiger partial charge in [0.15, 0.2) is 0 Å². The number of rotatable bonds is 1. The van der Waals surface area contributed by atoms with Gasteiger partial charge in [0.2, 0.25) is 0 Å². The van der Waals surface area contributed by atoms with Gasteiger partial charge in [-0.25, -0.2) is 0 Å². The highest BCUT2D eigenvalue weighted by Crippen LogP contribution is 2.31. The highest BCUT2D eigenvalue weighted by atomic mass is 15.2. The quantitative estimate of drug-likeness (QED) is 0.519. The molecule has 0 saturated carbocycles. The van der Waals surface area contributed by atoms with Crippen LogP contribution >= 0.6 is 0 Å². The van der Waals surface area contributed by atoms with Crippen LogP contribution in [0.1, 0.15) is 33.1 Å². The van der Waals surface area contributed by atoms with Gasteiger partial charge >= 0.3 is 0 Å². The maximum absolute atomic E-state index is 2.64. The minimum atomic E-state index is 0.722. The van der Waals surface area contributed by atoms with Crippen LogP contribution in [0.5, 0.6) is 0 Å². The summed E-state index contributed by atoms with van der Waals surface area (Å²) in [6.45, 7) is 4.61. The van der Waals surface area contributed by atoms with Crippen LogP contribution in [0, 0.1) is 0 Å². The molecule has 0 aromatic carbocycles. The second kappa shape index (κ2) is 2.63. The molecule has 0 amide bonds. The number of piperidine rings is 1. The van der Waals surface area contributed by atoms with E-state index in [1.807, 2.05) is 0 Å². The zero-order valence-corrected chi connectivity index (χ0v) is 7.46. The second-order valence-corrected chi connectivity index (χ2v) is 3.99. The summed E-state index contributed by atoms with van der Waals surface area (Å²) in [4.78, 5) is 2.64. The molecule has 0 aromatic heterocycles. The summed E-state index contributed by atoms with van der Waals surface area (Å²) in [6.07, 6.45) is 8.98. The van der Waals surface area contributed by atoms with Gasteiger partial charge in [0.05, 0.1) is 0 Å². The molecule has 0 radical (unpaired) electrons. The van der Waals surface area contributed by atoms with Crippen LogP contribution in [-0.4, -0.2) is 23.0 Å². The molecule has 0 aliphatic carbocycles. The smallest absolute Gasteiger partial charge is 0.0287 e. The van der Waals surface area contributed by atoms with Crippen LogP contribution < -0.4 is 0 Å². The van der Waals surface area contributed by atoms with E-state index in [1.165, 1.54) is 19.3 Å². The minimum Gasteiger partial charge on any atom is -0.288 e. The molecule has 2 aliphatic heterocycles. The van der Waals surface area contributed by atoms with Crippen molar-refractivity contribution in [3.8, 4) is 0 Å². The molecule has 0 aromatic rings. The van der Waals surface area contributed by atoms with E-state index in [0.29, 0.717) is 0 Å². The fourth-order valence-corrected chi connectivity index (χ4v) is 2.49. The van der Waals surface area contributed by atoms with Crippen molar-refractivity contribution in [1.82, 2.24) is 4.90 Å². The molecule has 2 heterocycles. The first-order valence-electron chi connectivity index (χ1n) is 4.75. The third-order valence-electron chi connectivity index (χ3n) is 2.92. The first-order chi connectivity index (χ1) is 5.29. The van der Waals surface area contributed by atoms with Crippen LogP contribution in [0.15, 0.2) is 12.2 Å². The summed E-state index contributed by atoms with van der Waals surface area (Å²) in [5.41, 5.74) is 0. The summed E-state index contributed by atoms with van der Waals surface area (Å²) in [6, 6.07) is 2.27. The number of hydrogen-bond acceptors (Lipinski definition) is 1. The average molecular weight is 151 g/mol. The van der Waals surface area contributed by atoms with Gasteiger partial charge in [-0.1, -0.05) is 12.2 Å². The van der Waals surface area contributed by atoms with E-state index < -0.39 is 0 Å². The summed E-state index contributed by atoms with van der Waals surface area (Å²) in [5.74, 6) is 0. The van der Waals surface area contributed by atoms with Crippen molar-refractivity contribution in [2.75, 3.05) is 0 Å². The summed E-state index contributed by atoms with van der Waals surface area (Å²) >= 11 is 0. The predicted octanol–water partition coefficient (Wildman–Crippen LogP) is 2.19. The van der Waals surface area contributed by atoms with Gasteiger partial charge in [-0.2, -0.15) is 0 Å². The molecular weight excluding hydrogens is 134 g/mol. The molecule has 0 spiro atoms. The zero-order chi connectivity index (χ0) is 7.84. The van der Waals surface area contributed by atoms with Crippen LogP contribution in [0.2, 0.25) is 0 Å². The maximum atomic E-state index is 2.64. The second-order valence-electron chi connectivity index (χ2n) is 3.99. The van der Waals surface area contributed by atoms with Crippen molar-refractivity contribution >= 4 is 0 Å². The molecule has 2 atom stereocenters. The average Bonchev–Trinajstić information content (AvgIpc) is 2.23. The van der Waals surface area contributed by atoms with E-state index in [4.69, 9.17) is 0 Å². The first-order valence-corrected chi connectivity index (χ1v) is 4.75. The molecule has 62 valence electrons. The Labute approximate surface area is 69.1 Å². The highest BCUT2D eigenvalue weighted by molar-refractivity contribution is 5.13. The van der Waals surface area contributed by atoms with Crippen molar-refractivity contribution in [3.05, 3.63) is 12.2 Å². The Morgan fingerprint density at radius 3 is 2.09 bits per heavy atom. The van der Waals surface area contributed by atoms with Crippen molar-refractivity contribution < 1.29 is 0 Å².